The largest absolute Gasteiger partial charge is 0.494 e. The van der Waals surface area contributed by atoms with E-state index in [1.165, 1.54) is 47.4 Å². The number of ether oxygens (including phenoxy) is 1. The van der Waals surface area contributed by atoms with E-state index >= 15 is 0 Å². The third kappa shape index (κ3) is 5.59. The molecule has 7 nitrogen and oxygen atoms in total. The van der Waals surface area contributed by atoms with Crippen molar-refractivity contribution < 1.29 is 27.2 Å². The lowest BCUT2D eigenvalue weighted by atomic mass is 9.94. The van der Waals surface area contributed by atoms with Crippen LogP contribution in [0.4, 0.5) is 10.1 Å². The van der Waals surface area contributed by atoms with E-state index in [4.69, 9.17) is 4.74 Å². The number of carbonyl (C=O) groups is 1. The van der Waals surface area contributed by atoms with Crippen LogP contribution in [0.5, 0.6) is 5.75 Å². The number of quaternary nitrogens is 1. The number of halogens is 1. The van der Waals surface area contributed by atoms with Crippen molar-refractivity contribution in [3.8, 4) is 5.75 Å². The Morgan fingerprint density at radius 3 is 2.41 bits per heavy atom. The molecule has 9 heteroatoms. The Balaban J connectivity index is 1.44. The van der Waals surface area contributed by atoms with Gasteiger partial charge in [-0.2, -0.15) is 4.31 Å². The van der Waals surface area contributed by atoms with Gasteiger partial charge < -0.3 is 15.0 Å². The molecule has 0 radical (unpaired) electrons. The van der Waals surface area contributed by atoms with Crippen LogP contribution in [0.15, 0.2) is 47.4 Å². The summed E-state index contributed by atoms with van der Waals surface area (Å²) in [6, 6.07) is 10.9. The van der Waals surface area contributed by atoms with Crippen LogP contribution in [-0.2, 0) is 10.0 Å². The van der Waals surface area contributed by atoms with Crippen molar-refractivity contribution in [3.63, 3.8) is 0 Å². The van der Waals surface area contributed by atoms with E-state index in [1.54, 1.807) is 24.3 Å². The van der Waals surface area contributed by atoms with Crippen LogP contribution >= 0.6 is 0 Å². The van der Waals surface area contributed by atoms with E-state index in [9.17, 15) is 17.6 Å². The van der Waals surface area contributed by atoms with Crippen LogP contribution in [0.1, 0.15) is 49.4 Å². The molecule has 0 bridgehead atoms. The fraction of sp³-hybridized carbons (Fsp3) is 0.480. The first kappa shape index (κ1) is 24.6. The predicted molar refractivity (Wildman–Crippen MR) is 128 cm³/mol. The predicted octanol–water partition coefficient (Wildman–Crippen LogP) is 2.70. The van der Waals surface area contributed by atoms with Crippen LogP contribution in [0.2, 0.25) is 0 Å². The highest BCUT2D eigenvalue weighted by Crippen LogP contribution is 2.23. The van der Waals surface area contributed by atoms with Gasteiger partial charge in [0.2, 0.25) is 10.0 Å². The molecule has 184 valence electrons. The molecule has 1 aliphatic heterocycles. The maximum absolute atomic E-state index is 14.6. The van der Waals surface area contributed by atoms with E-state index in [-0.39, 0.29) is 5.56 Å². The Bertz CT molecular complexity index is 1090. The Labute approximate surface area is 200 Å². The van der Waals surface area contributed by atoms with Gasteiger partial charge in [0.1, 0.15) is 16.5 Å². The zero-order chi connectivity index (χ0) is 24.1. The lowest BCUT2D eigenvalue weighted by Gasteiger charge is -2.37. The summed E-state index contributed by atoms with van der Waals surface area (Å²) in [5.41, 5.74) is 0.615. The molecule has 0 unspecified atom stereocenters. The maximum Gasteiger partial charge on any atom is 0.255 e. The number of anilines is 1. The van der Waals surface area contributed by atoms with Gasteiger partial charge in [0, 0.05) is 11.3 Å². The van der Waals surface area contributed by atoms with Crippen molar-refractivity contribution in [2.75, 3.05) is 38.1 Å². The van der Waals surface area contributed by atoms with Gasteiger partial charge in [-0.05, 0) is 75.1 Å². The number of sulfonamides is 1. The smallest absolute Gasteiger partial charge is 0.255 e. The van der Waals surface area contributed by atoms with E-state index in [2.05, 4.69) is 5.32 Å². The standard InChI is InChI=1S/C25H32FN3O4S/c1-2-33-22-11-9-20(10-12-22)27-25(30)19-8-13-23(26)24(18-19)34(31,32)29-16-14-28(15-17-29)21-6-4-3-5-7-21/h8-13,18,21H,2-7,14-17H2,1H3,(H,27,30)/p+1. The number of hydrogen-bond donors (Lipinski definition) is 2. The first-order valence-electron chi connectivity index (χ1n) is 12.1. The van der Waals surface area contributed by atoms with Crippen LogP contribution in [-0.4, -0.2) is 57.5 Å². The summed E-state index contributed by atoms with van der Waals surface area (Å²) in [7, 11) is -4.04. The summed E-state index contributed by atoms with van der Waals surface area (Å²) < 4.78 is 47.9. The molecule has 2 fully saturated rings. The quantitative estimate of drug-likeness (QED) is 0.626. The second-order valence-electron chi connectivity index (χ2n) is 8.95. The van der Waals surface area contributed by atoms with Crippen LogP contribution in [0, 0.1) is 5.82 Å². The summed E-state index contributed by atoms with van der Waals surface area (Å²) in [4.78, 5) is 13.7. The number of piperazine rings is 1. The normalized spacial score (nSPS) is 18.5. The fourth-order valence-corrected chi connectivity index (χ4v) is 6.45. The number of amides is 1. The summed E-state index contributed by atoms with van der Waals surface area (Å²) in [6.07, 6.45) is 6.16. The van der Waals surface area contributed by atoms with Gasteiger partial charge in [0.15, 0.2) is 0 Å². The minimum absolute atomic E-state index is 0.0836. The third-order valence-electron chi connectivity index (χ3n) is 6.78. The minimum Gasteiger partial charge on any atom is -0.494 e. The molecule has 2 aromatic carbocycles. The number of nitrogens with zero attached hydrogens (tertiary/aromatic N) is 1. The average Bonchev–Trinajstić information content (AvgIpc) is 2.86. The van der Waals surface area contributed by atoms with Crippen molar-refractivity contribution in [2.24, 2.45) is 0 Å². The van der Waals surface area contributed by atoms with Gasteiger partial charge >= 0.3 is 0 Å². The van der Waals surface area contributed by atoms with Gasteiger partial charge in [0.05, 0.1) is 38.8 Å². The number of nitrogens with one attached hydrogen (secondary N) is 2. The highest BCUT2D eigenvalue weighted by molar-refractivity contribution is 7.89. The van der Waals surface area contributed by atoms with Crippen molar-refractivity contribution in [3.05, 3.63) is 53.8 Å². The monoisotopic (exact) mass is 490 g/mol. The molecule has 1 saturated carbocycles. The molecule has 4 rings (SSSR count). The minimum atomic E-state index is -4.04. The summed E-state index contributed by atoms with van der Waals surface area (Å²) in [6.45, 7) is 4.59. The lowest BCUT2D eigenvalue weighted by molar-refractivity contribution is -0.930. The molecule has 1 amide bonds. The topological polar surface area (TPSA) is 80.1 Å². The average molecular weight is 491 g/mol. The number of carbonyl (C=O) groups excluding carboxylic acids is 1. The molecule has 34 heavy (non-hydrogen) atoms. The Kier molecular flexibility index (Phi) is 7.85. The van der Waals surface area contributed by atoms with E-state index in [0.717, 1.165) is 25.2 Å². The first-order chi connectivity index (χ1) is 16.4. The first-order valence-corrected chi connectivity index (χ1v) is 13.5. The van der Waals surface area contributed by atoms with Crippen molar-refractivity contribution >= 4 is 21.6 Å². The number of rotatable bonds is 7. The Morgan fingerprint density at radius 2 is 1.76 bits per heavy atom. The van der Waals surface area contributed by atoms with Gasteiger partial charge in [-0.1, -0.05) is 6.42 Å². The molecule has 1 heterocycles. The molecule has 1 aliphatic carbocycles. The van der Waals surface area contributed by atoms with Crippen LogP contribution in [0.3, 0.4) is 0 Å². The molecule has 2 aromatic rings. The van der Waals surface area contributed by atoms with Crippen LogP contribution in [0.25, 0.3) is 0 Å². The number of benzene rings is 2. The fourth-order valence-electron chi connectivity index (χ4n) is 4.92. The van der Waals surface area contributed by atoms with Crippen molar-refractivity contribution in [1.29, 1.82) is 0 Å². The Morgan fingerprint density at radius 1 is 1.09 bits per heavy atom. The van der Waals surface area contributed by atoms with Gasteiger partial charge in [-0.3, -0.25) is 4.79 Å². The zero-order valence-corrected chi connectivity index (χ0v) is 20.4. The Hall–Kier alpha value is -2.49. The molecule has 0 aromatic heterocycles. The van der Waals surface area contributed by atoms with Crippen molar-refractivity contribution in [1.82, 2.24) is 4.31 Å². The molecule has 0 spiro atoms. The third-order valence-corrected chi connectivity index (χ3v) is 8.70. The van der Waals surface area contributed by atoms with E-state index < -0.39 is 26.6 Å². The SMILES string of the molecule is CCOc1ccc(NC(=O)c2ccc(F)c(S(=O)(=O)N3CC[NH+](C4CCCCC4)CC3)c2)cc1. The summed E-state index contributed by atoms with van der Waals surface area (Å²) in [5.74, 6) is -0.673. The lowest BCUT2D eigenvalue weighted by Crippen LogP contribution is -3.18. The van der Waals surface area contributed by atoms with Gasteiger partial charge in [-0.25, -0.2) is 12.8 Å². The second kappa shape index (κ2) is 10.8. The number of hydrogen-bond acceptors (Lipinski definition) is 4. The van der Waals surface area contributed by atoms with Gasteiger partial charge in [-0.15, -0.1) is 0 Å². The zero-order valence-electron chi connectivity index (χ0n) is 19.6. The highest BCUT2D eigenvalue weighted by Gasteiger charge is 2.35. The molecule has 0 atom stereocenters. The van der Waals surface area contributed by atoms with E-state index in [0.29, 0.717) is 37.2 Å². The summed E-state index contributed by atoms with van der Waals surface area (Å²) >= 11 is 0. The molecule has 1 saturated heterocycles. The maximum atomic E-state index is 14.6. The second-order valence-corrected chi connectivity index (χ2v) is 10.9. The highest BCUT2D eigenvalue weighted by atomic mass is 32.2. The van der Waals surface area contributed by atoms with Crippen LogP contribution < -0.4 is 15.0 Å². The molecular weight excluding hydrogens is 457 g/mol. The molecular formula is C25H33FN3O4S+. The van der Waals surface area contributed by atoms with E-state index in [1.807, 2.05) is 6.92 Å². The molecule has 2 N–H and O–H groups in total. The molecule has 2 aliphatic rings. The summed E-state index contributed by atoms with van der Waals surface area (Å²) in [5, 5.41) is 2.72. The van der Waals surface area contributed by atoms with Gasteiger partial charge in [0.25, 0.3) is 5.91 Å². The van der Waals surface area contributed by atoms with Crippen molar-refractivity contribution in [2.45, 2.75) is 50.0 Å².